The van der Waals surface area contributed by atoms with Gasteiger partial charge < -0.3 is 4.90 Å². The van der Waals surface area contributed by atoms with Crippen LogP contribution < -0.4 is 4.90 Å². The van der Waals surface area contributed by atoms with Gasteiger partial charge in [-0.05, 0) is 6.07 Å². The zero-order valence-corrected chi connectivity index (χ0v) is 7.78. The van der Waals surface area contributed by atoms with Crippen LogP contribution in [0, 0.1) is 0 Å². The maximum absolute atomic E-state index is 4.00. The summed E-state index contributed by atoms with van der Waals surface area (Å²) in [4.78, 5) is 6.08. The Kier molecular flexibility index (Phi) is 2.86. The normalized spacial score (nSPS) is 10.6. The molecule has 0 bridgehead atoms. The first-order valence-electron chi connectivity index (χ1n) is 3.94. The summed E-state index contributed by atoms with van der Waals surface area (Å²) in [6.07, 6.45) is 1.87. The molecule has 1 aromatic carbocycles. The molecule has 1 rings (SSSR count). The molecule has 0 aliphatic carbocycles. The summed E-state index contributed by atoms with van der Waals surface area (Å²) >= 11 is 0. The number of anilines is 1. The summed E-state index contributed by atoms with van der Waals surface area (Å²) in [5.41, 5.74) is 2.35. The SMILES string of the molecule is C/N=C/c1ccccc1N(C)C. The summed E-state index contributed by atoms with van der Waals surface area (Å²) in [6.45, 7) is 0. The number of hydrogen-bond donors (Lipinski definition) is 0. The van der Waals surface area contributed by atoms with Crippen LogP contribution in [0.15, 0.2) is 29.3 Å². The highest BCUT2D eigenvalue weighted by atomic mass is 15.1. The third-order valence-corrected chi connectivity index (χ3v) is 1.69. The number of aliphatic imine (C=N–C) groups is 1. The Balaban J connectivity index is 3.08. The Morgan fingerprint density at radius 3 is 2.50 bits per heavy atom. The molecule has 2 nitrogen and oxygen atoms in total. The van der Waals surface area contributed by atoms with Crippen molar-refractivity contribution in [3.05, 3.63) is 29.8 Å². The minimum Gasteiger partial charge on any atom is -0.377 e. The lowest BCUT2D eigenvalue weighted by atomic mass is 10.2. The second kappa shape index (κ2) is 3.90. The van der Waals surface area contributed by atoms with E-state index in [1.807, 2.05) is 32.4 Å². The third-order valence-electron chi connectivity index (χ3n) is 1.69. The van der Waals surface area contributed by atoms with Crippen LogP contribution in [-0.4, -0.2) is 27.4 Å². The van der Waals surface area contributed by atoms with E-state index in [0.717, 1.165) is 5.56 Å². The first-order chi connectivity index (χ1) is 5.75. The molecular formula is C10H14N2. The lowest BCUT2D eigenvalue weighted by molar-refractivity contribution is 1.13. The first kappa shape index (κ1) is 8.78. The average molecular weight is 162 g/mol. The molecule has 64 valence electrons. The van der Waals surface area contributed by atoms with Gasteiger partial charge in [0.25, 0.3) is 0 Å². The Labute approximate surface area is 73.5 Å². The van der Waals surface area contributed by atoms with Crippen molar-refractivity contribution in [2.24, 2.45) is 4.99 Å². The van der Waals surface area contributed by atoms with Crippen molar-refractivity contribution in [3.63, 3.8) is 0 Å². The van der Waals surface area contributed by atoms with Crippen LogP contribution in [0.4, 0.5) is 5.69 Å². The fourth-order valence-electron chi connectivity index (χ4n) is 1.14. The second-order valence-electron chi connectivity index (χ2n) is 2.84. The molecule has 0 amide bonds. The Morgan fingerprint density at radius 1 is 1.25 bits per heavy atom. The molecule has 12 heavy (non-hydrogen) atoms. The van der Waals surface area contributed by atoms with Gasteiger partial charge in [-0.15, -0.1) is 0 Å². The van der Waals surface area contributed by atoms with E-state index >= 15 is 0 Å². The molecule has 0 saturated heterocycles. The molecule has 0 aliphatic rings. The van der Waals surface area contributed by atoms with Crippen LogP contribution in [0.5, 0.6) is 0 Å². The van der Waals surface area contributed by atoms with Gasteiger partial charge >= 0.3 is 0 Å². The van der Waals surface area contributed by atoms with Crippen molar-refractivity contribution in [1.82, 2.24) is 0 Å². The van der Waals surface area contributed by atoms with Crippen molar-refractivity contribution in [3.8, 4) is 0 Å². The molecular weight excluding hydrogens is 148 g/mol. The van der Waals surface area contributed by atoms with Gasteiger partial charge in [0.1, 0.15) is 0 Å². The molecule has 0 aromatic heterocycles. The van der Waals surface area contributed by atoms with Gasteiger partial charge in [0, 0.05) is 38.6 Å². The minimum absolute atomic E-state index is 1.16. The molecule has 0 aliphatic heterocycles. The van der Waals surface area contributed by atoms with Crippen molar-refractivity contribution >= 4 is 11.9 Å². The number of benzene rings is 1. The Bertz CT molecular complexity index is 277. The standard InChI is InChI=1S/C10H14N2/c1-11-8-9-6-4-5-7-10(9)12(2)3/h4-8H,1-3H3/b11-8+. The quantitative estimate of drug-likeness (QED) is 0.605. The molecule has 0 fully saturated rings. The molecule has 0 N–H and O–H groups in total. The highest BCUT2D eigenvalue weighted by Crippen LogP contribution is 2.15. The van der Waals surface area contributed by atoms with Crippen LogP contribution >= 0.6 is 0 Å². The van der Waals surface area contributed by atoms with E-state index in [0.29, 0.717) is 0 Å². The molecule has 0 radical (unpaired) electrons. The largest absolute Gasteiger partial charge is 0.377 e. The van der Waals surface area contributed by atoms with Crippen LogP contribution in [0.2, 0.25) is 0 Å². The summed E-state index contributed by atoms with van der Waals surface area (Å²) < 4.78 is 0. The zero-order valence-electron chi connectivity index (χ0n) is 7.78. The molecule has 2 heteroatoms. The second-order valence-corrected chi connectivity index (χ2v) is 2.84. The van der Waals surface area contributed by atoms with E-state index in [1.54, 1.807) is 7.05 Å². The van der Waals surface area contributed by atoms with Crippen LogP contribution in [0.3, 0.4) is 0 Å². The lowest BCUT2D eigenvalue weighted by Crippen LogP contribution is -2.10. The smallest absolute Gasteiger partial charge is 0.0450 e. The average Bonchev–Trinajstić information content (AvgIpc) is 2.05. The van der Waals surface area contributed by atoms with Crippen molar-refractivity contribution in [1.29, 1.82) is 0 Å². The van der Waals surface area contributed by atoms with Crippen molar-refractivity contribution in [2.45, 2.75) is 0 Å². The molecule has 0 spiro atoms. The molecule has 0 saturated carbocycles. The number of hydrogen-bond acceptors (Lipinski definition) is 2. The first-order valence-corrected chi connectivity index (χ1v) is 3.94. The monoisotopic (exact) mass is 162 g/mol. The number of nitrogens with zero attached hydrogens (tertiary/aromatic N) is 2. The molecule has 0 heterocycles. The summed E-state index contributed by atoms with van der Waals surface area (Å²) in [7, 11) is 5.84. The summed E-state index contributed by atoms with van der Waals surface area (Å²) in [5.74, 6) is 0. The van der Waals surface area contributed by atoms with E-state index in [1.165, 1.54) is 5.69 Å². The van der Waals surface area contributed by atoms with Crippen LogP contribution in [0.25, 0.3) is 0 Å². The van der Waals surface area contributed by atoms with Gasteiger partial charge in [-0.25, -0.2) is 0 Å². The number of para-hydroxylation sites is 1. The topological polar surface area (TPSA) is 15.6 Å². The molecule has 1 aromatic rings. The van der Waals surface area contributed by atoms with Crippen LogP contribution in [-0.2, 0) is 0 Å². The highest BCUT2D eigenvalue weighted by molar-refractivity contribution is 5.87. The highest BCUT2D eigenvalue weighted by Gasteiger charge is 1.98. The third kappa shape index (κ3) is 1.84. The molecule has 0 unspecified atom stereocenters. The predicted molar refractivity (Wildman–Crippen MR) is 54.3 cm³/mol. The van der Waals surface area contributed by atoms with Crippen molar-refractivity contribution < 1.29 is 0 Å². The van der Waals surface area contributed by atoms with Gasteiger partial charge in [-0.1, -0.05) is 18.2 Å². The van der Waals surface area contributed by atoms with Gasteiger partial charge in [-0.3, -0.25) is 4.99 Å². The van der Waals surface area contributed by atoms with E-state index in [4.69, 9.17) is 0 Å². The Morgan fingerprint density at radius 2 is 1.92 bits per heavy atom. The van der Waals surface area contributed by atoms with Crippen molar-refractivity contribution in [2.75, 3.05) is 26.0 Å². The maximum Gasteiger partial charge on any atom is 0.0450 e. The van der Waals surface area contributed by atoms with Gasteiger partial charge in [0.15, 0.2) is 0 Å². The lowest BCUT2D eigenvalue weighted by Gasteiger charge is -2.14. The van der Waals surface area contributed by atoms with E-state index in [2.05, 4.69) is 22.0 Å². The van der Waals surface area contributed by atoms with Gasteiger partial charge in [0.2, 0.25) is 0 Å². The fourth-order valence-corrected chi connectivity index (χ4v) is 1.14. The minimum atomic E-state index is 1.16. The van der Waals surface area contributed by atoms with Crippen LogP contribution in [0.1, 0.15) is 5.56 Å². The maximum atomic E-state index is 4.00. The fraction of sp³-hybridized carbons (Fsp3) is 0.300. The van der Waals surface area contributed by atoms with E-state index in [9.17, 15) is 0 Å². The van der Waals surface area contributed by atoms with Gasteiger partial charge in [0.05, 0.1) is 0 Å². The summed E-state index contributed by atoms with van der Waals surface area (Å²) in [6, 6.07) is 8.19. The summed E-state index contributed by atoms with van der Waals surface area (Å²) in [5, 5.41) is 0. The Hall–Kier alpha value is -1.31. The molecule has 0 atom stereocenters. The number of rotatable bonds is 2. The predicted octanol–water partition coefficient (Wildman–Crippen LogP) is 1.80. The van der Waals surface area contributed by atoms with Gasteiger partial charge in [-0.2, -0.15) is 0 Å². The van der Waals surface area contributed by atoms with E-state index < -0.39 is 0 Å². The van der Waals surface area contributed by atoms with E-state index in [-0.39, 0.29) is 0 Å². The zero-order chi connectivity index (χ0) is 8.97.